The molecule has 3 aliphatic heterocycles. The van der Waals surface area contributed by atoms with E-state index in [0.29, 0.717) is 16.5 Å². The number of allylic oxidation sites excluding steroid dienone is 2. The van der Waals surface area contributed by atoms with Crippen LogP contribution >= 0.6 is 11.6 Å². The van der Waals surface area contributed by atoms with Crippen molar-refractivity contribution < 1.29 is 13.9 Å². The van der Waals surface area contributed by atoms with Gasteiger partial charge < -0.3 is 14.4 Å². The molecule has 0 saturated carbocycles. The Labute approximate surface area is 278 Å². The number of H-pyrrole nitrogens is 1. The van der Waals surface area contributed by atoms with E-state index in [9.17, 15) is 4.39 Å². The van der Waals surface area contributed by atoms with Gasteiger partial charge in [-0.2, -0.15) is 5.10 Å². The number of ether oxygens (including phenoxy) is 2. The highest BCUT2D eigenvalue weighted by molar-refractivity contribution is 6.30. The van der Waals surface area contributed by atoms with Crippen molar-refractivity contribution in [2.75, 3.05) is 32.8 Å². The van der Waals surface area contributed by atoms with Crippen LogP contribution in [0.5, 0.6) is 5.88 Å². The summed E-state index contributed by atoms with van der Waals surface area (Å²) >= 11 is 5.88. The molecule has 0 spiro atoms. The lowest BCUT2D eigenvalue weighted by Gasteiger charge is -2.37. The van der Waals surface area contributed by atoms with Crippen LogP contribution in [0.1, 0.15) is 35.4 Å². The number of hydrogen-bond donors (Lipinski definition) is 1. The van der Waals surface area contributed by atoms with Gasteiger partial charge in [0.15, 0.2) is 0 Å². The smallest absolute Gasteiger partial charge is 0.214 e. The van der Waals surface area contributed by atoms with Crippen molar-refractivity contribution in [1.82, 2.24) is 25.0 Å². The second-order valence-corrected chi connectivity index (χ2v) is 13.1. The molecule has 47 heavy (non-hydrogen) atoms. The monoisotopic (exact) mass is 650 g/mol. The number of amidine groups is 1. The molecule has 1 fully saturated rings. The van der Waals surface area contributed by atoms with Gasteiger partial charge in [0.1, 0.15) is 18.3 Å². The van der Waals surface area contributed by atoms with E-state index in [0.717, 1.165) is 73.8 Å². The lowest BCUT2D eigenvalue weighted by Crippen LogP contribution is -2.49. The van der Waals surface area contributed by atoms with Crippen LogP contribution in [0, 0.1) is 12.7 Å². The lowest BCUT2D eigenvalue weighted by atomic mass is 9.92. The number of pyridine rings is 1. The number of fused-ring (bicyclic) bond motifs is 2. The first-order chi connectivity index (χ1) is 23.0. The highest BCUT2D eigenvalue weighted by Gasteiger charge is 2.38. The number of benzene rings is 2. The Morgan fingerprint density at radius 2 is 2.06 bits per heavy atom. The molecule has 4 aromatic rings. The molecule has 0 amide bonds. The number of aryl methyl sites for hydroxylation is 1. The van der Waals surface area contributed by atoms with Crippen molar-refractivity contribution in [3.63, 3.8) is 0 Å². The van der Waals surface area contributed by atoms with Gasteiger partial charge in [0, 0.05) is 54.0 Å². The van der Waals surface area contributed by atoms with Gasteiger partial charge in [-0.3, -0.25) is 15.0 Å². The number of aromatic amines is 1. The Balaban J connectivity index is 0.947. The van der Waals surface area contributed by atoms with Crippen LogP contribution in [-0.4, -0.2) is 81.8 Å². The number of halogens is 2. The first-order valence-corrected chi connectivity index (χ1v) is 16.6. The standard InChI is InChI=1S/C37H36ClFN6O2/c1-23-30-17-25(6-9-33(30)43-42-23)26-7-10-34-35(18-26)45(20-29-13-16-46-29)36(40-34)21-44-14-11-24(12-15-44)32-3-2-4-37(41-32)47-22-27-5-8-28(38)19-31(27)39/h2-11,17-19,29,34-35H,12-16,20-22H2,1H3,(H,42,43). The van der Waals surface area contributed by atoms with Crippen molar-refractivity contribution in [2.45, 2.75) is 44.6 Å². The third-order valence-corrected chi connectivity index (χ3v) is 9.77. The van der Waals surface area contributed by atoms with Crippen LogP contribution in [0.3, 0.4) is 0 Å². The van der Waals surface area contributed by atoms with Crippen LogP contribution in [-0.2, 0) is 11.3 Å². The Morgan fingerprint density at radius 1 is 1.15 bits per heavy atom. The number of nitrogens with one attached hydrogen (secondary N) is 1. The predicted molar refractivity (Wildman–Crippen MR) is 183 cm³/mol. The molecule has 5 heterocycles. The van der Waals surface area contributed by atoms with Gasteiger partial charge in [-0.15, -0.1) is 0 Å². The average molecular weight is 651 g/mol. The number of aliphatic imine (C=N–C) groups is 1. The predicted octanol–water partition coefficient (Wildman–Crippen LogP) is 6.62. The summed E-state index contributed by atoms with van der Waals surface area (Å²) in [4.78, 5) is 14.9. The zero-order valence-corrected chi connectivity index (χ0v) is 27.0. The number of nitrogens with zero attached hydrogens (tertiary/aromatic N) is 5. The molecule has 0 radical (unpaired) electrons. The van der Waals surface area contributed by atoms with E-state index in [1.807, 2.05) is 12.1 Å². The Bertz CT molecular complexity index is 1950. The van der Waals surface area contributed by atoms with E-state index in [1.165, 1.54) is 22.8 Å². The molecular formula is C37H36ClFN6O2. The van der Waals surface area contributed by atoms with Gasteiger partial charge >= 0.3 is 0 Å². The van der Waals surface area contributed by atoms with E-state index in [-0.39, 0.29) is 30.6 Å². The molecule has 1 saturated heterocycles. The van der Waals surface area contributed by atoms with Gasteiger partial charge in [0.2, 0.25) is 5.88 Å². The molecule has 240 valence electrons. The molecule has 3 unspecified atom stereocenters. The van der Waals surface area contributed by atoms with Crippen molar-refractivity contribution in [2.24, 2.45) is 4.99 Å². The Morgan fingerprint density at radius 3 is 2.87 bits per heavy atom. The SMILES string of the molecule is Cc1[nH]nc2ccc(C3=CC4C(C=C3)N=C(CN3CC=C(c5cccc(OCc6ccc(Cl)cc6F)n5)CC3)N4CC3CCO3)cc12. The largest absolute Gasteiger partial charge is 0.473 e. The van der Waals surface area contributed by atoms with Crippen LogP contribution in [0.25, 0.3) is 22.0 Å². The van der Waals surface area contributed by atoms with Gasteiger partial charge in [0.05, 0.1) is 35.9 Å². The zero-order chi connectivity index (χ0) is 31.9. The van der Waals surface area contributed by atoms with E-state index in [1.54, 1.807) is 18.2 Å². The minimum Gasteiger partial charge on any atom is -0.473 e. The molecule has 8 nitrogen and oxygen atoms in total. The maximum atomic E-state index is 14.2. The van der Waals surface area contributed by atoms with Crippen LogP contribution in [0.2, 0.25) is 5.02 Å². The molecular weight excluding hydrogens is 615 g/mol. The fourth-order valence-corrected chi connectivity index (χ4v) is 6.89. The molecule has 0 bridgehead atoms. The van der Waals surface area contributed by atoms with Gasteiger partial charge in [0.25, 0.3) is 0 Å². The summed E-state index contributed by atoms with van der Waals surface area (Å²) in [6, 6.07) is 17.1. The molecule has 4 aliphatic rings. The van der Waals surface area contributed by atoms with Crippen molar-refractivity contribution in [3.8, 4) is 5.88 Å². The van der Waals surface area contributed by atoms with Crippen LogP contribution < -0.4 is 4.74 Å². The molecule has 1 N–H and O–H groups in total. The zero-order valence-electron chi connectivity index (χ0n) is 26.2. The van der Waals surface area contributed by atoms with Crippen molar-refractivity contribution >= 4 is 39.5 Å². The lowest BCUT2D eigenvalue weighted by molar-refractivity contribution is -0.0605. The molecule has 2 aromatic carbocycles. The topological polar surface area (TPSA) is 78.9 Å². The summed E-state index contributed by atoms with van der Waals surface area (Å²) in [6.07, 6.45) is 11.3. The van der Waals surface area contributed by atoms with Crippen LogP contribution in [0.15, 0.2) is 83.9 Å². The third kappa shape index (κ3) is 6.23. The summed E-state index contributed by atoms with van der Waals surface area (Å²) < 4.78 is 25.9. The van der Waals surface area contributed by atoms with Gasteiger partial charge in [-0.1, -0.05) is 54.1 Å². The molecule has 3 atom stereocenters. The minimum absolute atomic E-state index is 0.0872. The highest BCUT2D eigenvalue weighted by atomic mass is 35.5. The average Bonchev–Trinajstić information content (AvgIpc) is 3.61. The normalized spacial score (nSPS) is 22.5. The maximum absolute atomic E-state index is 14.2. The molecule has 2 aromatic heterocycles. The highest BCUT2D eigenvalue weighted by Crippen LogP contribution is 2.33. The maximum Gasteiger partial charge on any atom is 0.214 e. The van der Waals surface area contributed by atoms with E-state index in [2.05, 4.69) is 69.4 Å². The first-order valence-electron chi connectivity index (χ1n) is 16.2. The summed E-state index contributed by atoms with van der Waals surface area (Å²) in [7, 11) is 0. The fourth-order valence-electron chi connectivity index (χ4n) is 6.74. The molecule has 8 rings (SSSR count). The van der Waals surface area contributed by atoms with Crippen molar-refractivity contribution in [3.05, 3.63) is 112 Å². The molecule has 1 aliphatic carbocycles. The summed E-state index contributed by atoms with van der Waals surface area (Å²) in [5.74, 6) is 1.21. The van der Waals surface area contributed by atoms with Crippen molar-refractivity contribution in [1.29, 1.82) is 0 Å². The van der Waals surface area contributed by atoms with Gasteiger partial charge in [-0.05, 0) is 66.8 Å². The quantitative estimate of drug-likeness (QED) is 0.219. The van der Waals surface area contributed by atoms with Gasteiger partial charge in [-0.25, -0.2) is 9.37 Å². The molecule has 10 heteroatoms. The third-order valence-electron chi connectivity index (χ3n) is 9.54. The number of rotatable bonds is 9. The van der Waals surface area contributed by atoms with E-state index < -0.39 is 0 Å². The summed E-state index contributed by atoms with van der Waals surface area (Å²) in [6.45, 7) is 6.32. The second kappa shape index (κ2) is 12.7. The Hall–Kier alpha value is -4.31. The fraction of sp³-hybridized carbons (Fsp3) is 0.324. The second-order valence-electron chi connectivity index (χ2n) is 12.6. The van der Waals surface area contributed by atoms with E-state index >= 15 is 0 Å². The van der Waals surface area contributed by atoms with Crippen LogP contribution in [0.4, 0.5) is 4.39 Å². The number of hydrogen-bond acceptors (Lipinski definition) is 7. The first kappa shape index (κ1) is 30.1. The summed E-state index contributed by atoms with van der Waals surface area (Å²) in [5, 5.41) is 9.01. The summed E-state index contributed by atoms with van der Waals surface area (Å²) in [5.41, 5.74) is 6.99. The number of aromatic nitrogens is 3. The van der Waals surface area contributed by atoms with E-state index in [4.69, 9.17) is 31.1 Å². The Kier molecular flexibility index (Phi) is 8.13. The minimum atomic E-state index is -0.386.